The second-order valence-corrected chi connectivity index (χ2v) is 6.84. The van der Waals surface area contributed by atoms with Gasteiger partial charge in [-0.15, -0.1) is 0 Å². The molecule has 0 unspecified atom stereocenters. The van der Waals surface area contributed by atoms with E-state index in [-0.39, 0.29) is 12.5 Å². The highest BCUT2D eigenvalue weighted by Crippen LogP contribution is 2.10. The Balaban J connectivity index is 3.12. The van der Waals surface area contributed by atoms with Crippen LogP contribution in [0.25, 0.3) is 0 Å². The Bertz CT molecular complexity index is 225. The van der Waals surface area contributed by atoms with Gasteiger partial charge in [0.25, 0.3) is 0 Å². The molecule has 126 valence electrons. The van der Waals surface area contributed by atoms with E-state index in [2.05, 4.69) is 12.2 Å². The van der Waals surface area contributed by atoms with E-state index in [0.717, 1.165) is 30.9 Å². The summed E-state index contributed by atoms with van der Waals surface area (Å²) in [6.07, 6.45) is 13.1. The van der Waals surface area contributed by atoms with Gasteiger partial charge in [0.05, 0.1) is 0 Å². The van der Waals surface area contributed by atoms with E-state index in [0.29, 0.717) is 6.42 Å². The molecule has 0 aromatic rings. The lowest BCUT2D eigenvalue weighted by molar-refractivity contribution is -0.121. The van der Waals surface area contributed by atoms with E-state index in [4.69, 9.17) is 5.11 Å². The Hall–Kier alpha value is -0.220. The number of nitrogens with one attached hydrogen (secondary N) is 1. The first-order chi connectivity index (χ1) is 10.3. The van der Waals surface area contributed by atoms with E-state index in [1.54, 1.807) is 11.8 Å². The molecule has 21 heavy (non-hydrogen) atoms. The largest absolute Gasteiger partial charge is 0.396 e. The molecule has 0 saturated heterocycles. The van der Waals surface area contributed by atoms with Crippen molar-refractivity contribution in [3.05, 3.63) is 0 Å². The van der Waals surface area contributed by atoms with E-state index >= 15 is 0 Å². The summed E-state index contributed by atoms with van der Waals surface area (Å²) in [6.45, 7) is 3.27. The van der Waals surface area contributed by atoms with E-state index in [1.165, 1.54) is 51.4 Å². The highest BCUT2D eigenvalue weighted by Gasteiger charge is 2.00. The standard InChI is InChI=1S/C17H35NO2S/c1-2-3-4-5-6-7-8-9-10-12-17(20)18-13-16-21-15-11-14-19/h19H,2-16H2,1H3,(H,18,20). The molecule has 0 spiro atoms. The normalized spacial score (nSPS) is 10.8. The molecule has 0 radical (unpaired) electrons. The first kappa shape index (κ1) is 20.8. The van der Waals surface area contributed by atoms with Crippen LogP contribution in [0, 0.1) is 0 Å². The zero-order valence-electron chi connectivity index (χ0n) is 13.9. The third-order valence-electron chi connectivity index (χ3n) is 3.52. The number of amides is 1. The molecular weight excluding hydrogens is 282 g/mol. The van der Waals surface area contributed by atoms with Gasteiger partial charge in [-0.1, -0.05) is 58.3 Å². The van der Waals surface area contributed by atoms with Gasteiger partial charge in [0, 0.05) is 25.3 Å². The van der Waals surface area contributed by atoms with Crippen molar-refractivity contribution in [2.75, 3.05) is 24.7 Å². The SMILES string of the molecule is CCCCCCCCCCCC(=O)NCCSCCCO. The molecule has 0 aliphatic heterocycles. The maximum absolute atomic E-state index is 11.6. The molecule has 0 atom stereocenters. The Morgan fingerprint density at radius 2 is 1.52 bits per heavy atom. The summed E-state index contributed by atoms with van der Waals surface area (Å²) in [4.78, 5) is 11.6. The van der Waals surface area contributed by atoms with Crippen molar-refractivity contribution in [2.24, 2.45) is 0 Å². The number of hydrogen-bond donors (Lipinski definition) is 2. The van der Waals surface area contributed by atoms with Gasteiger partial charge in [-0.25, -0.2) is 0 Å². The highest BCUT2D eigenvalue weighted by molar-refractivity contribution is 7.99. The van der Waals surface area contributed by atoms with Gasteiger partial charge in [0.1, 0.15) is 0 Å². The average Bonchev–Trinajstić information content (AvgIpc) is 2.49. The summed E-state index contributed by atoms with van der Waals surface area (Å²) >= 11 is 1.79. The predicted molar refractivity (Wildman–Crippen MR) is 93.9 cm³/mol. The Labute approximate surface area is 135 Å². The number of aliphatic hydroxyl groups excluding tert-OH is 1. The van der Waals surface area contributed by atoms with E-state index < -0.39 is 0 Å². The van der Waals surface area contributed by atoms with Gasteiger partial charge in [-0.05, 0) is 18.6 Å². The second-order valence-electron chi connectivity index (χ2n) is 5.62. The number of thioether (sulfide) groups is 1. The van der Waals surface area contributed by atoms with Crippen LogP contribution in [-0.2, 0) is 4.79 Å². The summed E-state index contributed by atoms with van der Waals surface area (Å²) in [5.41, 5.74) is 0. The number of aliphatic hydroxyl groups is 1. The molecular formula is C17H35NO2S. The van der Waals surface area contributed by atoms with Crippen LogP contribution in [0.3, 0.4) is 0 Å². The maximum Gasteiger partial charge on any atom is 0.220 e. The van der Waals surface area contributed by atoms with Gasteiger partial charge >= 0.3 is 0 Å². The lowest BCUT2D eigenvalue weighted by Gasteiger charge is -2.05. The number of hydrogen-bond acceptors (Lipinski definition) is 3. The van der Waals surface area contributed by atoms with E-state index in [9.17, 15) is 4.79 Å². The third kappa shape index (κ3) is 17.7. The first-order valence-electron chi connectivity index (χ1n) is 8.76. The summed E-state index contributed by atoms with van der Waals surface area (Å²) in [5, 5.41) is 11.6. The molecule has 0 aliphatic carbocycles. The van der Waals surface area contributed by atoms with Crippen molar-refractivity contribution < 1.29 is 9.90 Å². The summed E-state index contributed by atoms with van der Waals surface area (Å²) in [7, 11) is 0. The van der Waals surface area contributed by atoms with Crippen LogP contribution in [-0.4, -0.2) is 35.7 Å². The molecule has 0 aromatic heterocycles. The molecule has 1 amide bonds. The second kappa shape index (κ2) is 17.8. The summed E-state index contributed by atoms with van der Waals surface area (Å²) in [5.74, 6) is 2.12. The molecule has 0 aromatic carbocycles. The van der Waals surface area contributed by atoms with Crippen LogP contribution in [0.5, 0.6) is 0 Å². The molecule has 2 N–H and O–H groups in total. The maximum atomic E-state index is 11.6. The highest BCUT2D eigenvalue weighted by atomic mass is 32.2. The number of unbranched alkanes of at least 4 members (excludes halogenated alkanes) is 8. The molecule has 4 heteroatoms. The van der Waals surface area contributed by atoms with Crippen molar-refractivity contribution >= 4 is 17.7 Å². The monoisotopic (exact) mass is 317 g/mol. The van der Waals surface area contributed by atoms with Gasteiger partial charge in [0.15, 0.2) is 0 Å². The number of carbonyl (C=O) groups excluding carboxylic acids is 1. The quantitative estimate of drug-likeness (QED) is 0.421. The average molecular weight is 318 g/mol. The molecule has 0 bridgehead atoms. The minimum absolute atomic E-state index is 0.195. The molecule has 0 saturated carbocycles. The molecule has 0 rings (SSSR count). The fraction of sp³-hybridized carbons (Fsp3) is 0.941. The molecule has 0 fully saturated rings. The topological polar surface area (TPSA) is 49.3 Å². The summed E-state index contributed by atoms with van der Waals surface area (Å²) in [6, 6.07) is 0. The zero-order chi connectivity index (χ0) is 15.6. The summed E-state index contributed by atoms with van der Waals surface area (Å²) < 4.78 is 0. The fourth-order valence-corrected chi connectivity index (χ4v) is 3.00. The van der Waals surface area contributed by atoms with Gasteiger partial charge in [-0.2, -0.15) is 11.8 Å². The molecule has 3 nitrogen and oxygen atoms in total. The third-order valence-corrected chi connectivity index (χ3v) is 4.59. The molecule has 0 heterocycles. The first-order valence-corrected chi connectivity index (χ1v) is 9.92. The van der Waals surface area contributed by atoms with Gasteiger partial charge in [-0.3, -0.25) is 4.79 Å². The zero-order valence-corrected chi connectivity index (χ0v) is 14.7. The van der Waals surface area contributed by atoms with Crippen molar-refractivity contribution in [1.82, 2.24) is 5.32 Å². The van der Waals surface area contributed by atoms with Gasteiger partial charge in [0.2, 0.25) is 5.91 Å². The van der Waals surface area contributed by atoms with Crippen LogP contribution >= 0.6 is 11.8 Å². The lowest BCUT2D eigenvalue weighted by Crippen LogP contribution is -2.25. The van der Waals surface area contributed by atoms with Gasteiger partial charge < -0.3 is 10.4 Å². The van der Waals surface area contributed by atoms with Crippen molar-refractivity contribution in [2.45, 2.75) is 77.6 Å². The Morgan fingerprint density at radius 3 is 2.14 bits per heavy atom. The van der Waals surface area contributed by atoms with Crippen LogP contribution < -0.4 is 5.32 Å². The number of carbonyl (C=O) groups is 1. The van der Waals surface area contributed by atoms with Crippen molar-refractivity contribution in [1.29, 1.82) is 0 Å². The van der Waals surface area contributed by atoms with Crippen molar-refractivity contribution in [3.63, 3.8) is 0 Å². The fourth-order valence-electron chi connectivity index (χ4n) is 2.22. The minimum Gasteiger partial charge on any atom is -0.396 e. The van der Waals surface area contributed by atoms with Crippen LogP contribution in [0.4, 0.5) is 0 Å². The van der Waals surface area contributed by atoms with Crippen molar-refractivity contribution in [3.8, 4) is 0 Å². The Morgan fingerprint density at radius 1 is 0.905 bits per heavy atom. The lowest BCUT2D eigenvalue weighted by atomic mass is 10.1. The predicted octanol–water partition coefficient (Wildman–Crippen LogP) is 4.14. The van der Waals surface area contributed by atoms with Crippen LogP contribution in [0.1, 0.15) is 77.6 Å². The van der Waals surface area contributed by atoms with E-state index in [1.807, 2.05) is 0 Å². The Kier molecular flexibility index (Phi) is 17.6. The smallest absolute Gasteiger partial charge is 0.220 e. The van der Waals surface area contributed by atoms with Crippen LogP contribution in [0.15, 0.2) is 0 Å². The number of rotatable bonds is 16. The minimum atomic E-state index is 0.195. The molecule has 0 aliphatic rings. The van der Waals surface area contributed by atoms with Crippen LogP contribution in [0.2, 0.25) is 0 Å².